The van der Waals surface area contributed by atoms with E-state index in [0.29, 0.717) is 56.6 Å². The van der Waals surface area contributed by atoms with E-state index in [1.807, 2.05) is 0 Å². The Hall–Kier alpha value is -2.62. The highest BCUT2D eigenvalue weighted by molar-refractivity contribution is 7.70. The van der Waals surface area contributed by atoms with Crippen LogP contribution in [0, 0.1) is 29.1 Å². The van der Waals surface area contributed by atoms with Crippen molar-refractivity contribution in [3.05, 3.63) is 63.8 Å². The van der Waals surface area contributed by atoms with Crippen molar-refractivity contribution in [3.63, 3.8) is 0 Å². The standard InChI is InChI=1S/C29H31Cl2N6OP/c1-39(2,38)27-12-19(30)6-10-26(27)35-28-25(31)14-33-29(36-28)34-20-7-3-17-4-8-21(9-5-18(17)11-20)37-15-23-22(13-32)24(23)16-37/h3,6-7,10-12,14,21-24H,4-5,8-9,15-16H2,1-2H3,(H2,33,34,35,36)/t21-,22?,23?,24?/m1/s1. The fourth-order valence-electron chi connectivity index (χ4n) is 6.21. The van der Waals surface area contributed by atoms with Gasteiger partial charge in [-0.2, -0.15) is 10.2 Å². The Morgan fingerprint density at radius 3 is 2.49 bits per heavy atom. The highest BCUT2D eigenvalue weighted by atomic mass is 35.5. The number of fused-ring (bicyclic) bond motifs is 2. The lowest BCUT2D eigenvalue weighted by atomic mass is 10.0. The van der Waals surface area contributed by atoms with Crippen molar-refractivity contribution in [2.75, 3.05) is 37.1 Å². The second-order valence-electron chi connectivity index (χ2n) is 11.3. The number of anilines is 4. The number of nitrogens with zero attached hydrogens (tertiary/aromatic N) is 4. The second-order valence-corrected chi connectivity index (χ2v) is 15.3. The molecule has 6 rings (SSSR count). The number of piperidine rings is 1. The van der Waals surface area contributed by atoms with Gasteiger partial charge in [-0.25, -0.2) is 4.98 Å². The summed E-state index contributed by atoms with van der Waals surface area (Å²) < 4.78 is 12.9. The number of halogens is 2. The van der Waals surface area contributed by atoms with Crippen molar-refractivity contribution in [3.8, 4) is 6.07 Å². The number of nitrogens with one attached hydrogen (secondary N) is 2. The lowest BCUT2D eigenvalue weighted by Crippen LogP contribution is -2.35. The van der Waals surface area contributed by atoms with Crippen LogP contribution in [0.1, 0.15) is 24.0 Å². The minimum atomic E-state index is -2.60. The average Bonchev–Trinajstić information content (AvgIpc) is 3.46. The quantitative estimate of drug-likeness (QED) is 0.255. The van der Waals surface area contributed by atoms with Gasteiger partial charge >= 0.3 is 0 Å². The van der Waals surface area contributed by atoms with Gasteiger partial charge in [-0.3, -0.25) is 4.90 Å². The normalized spacial score (nSPS) is 24.3. The molecule has 2 unspecified atom stereocenters. The Kier molecular flexibility index (Phi) is 7.10. The number of rotatable bonds is 6. The molecule has 1 saturated heterocycles. The SMILES string of the molecule is CP(C)(=O)c1cc(Cl)ccc1Nc1nc(Nc2ccc3c(c2)CC[C@H](N2CC4C(C#N)C4C2)CC3)ncc1Cl. The Morgan fingerprint density at radius 2 is 1.77 bits per heavy atom. The van der Waals surface area contributed by atoms with Crippen LogP contribution in [-0.4, -0.2) is 47.3 Å². The van der Waals surface area contributed by atoms with Gasteiger partial charge in [0.05, 0.1) is 23.9 Å². The lowest BCUT2D eigenvalue weighted by molar-refractivity contribution is 0.195. The second kappa shape index (κ2) is 10.4. The summed E-state index contributed by atoms with van der Waals surface area (Å²) in [5.74, 6) is 2.36. The fourth-order valence-corrected chi connectivity index (χ4v) is 7.76. The minimum absolute atomic E-state index is 0.303. The maximum Gasteiger partial charge on any atom is 0.229 e. The van der Waals surface area contributed by atoms with Gasteiger partial charge in [0.25, 0.3) is 0 Å². The van der Waals surface area contributed by atoms with Gasteiger partial charge in [-0.1, -0.05) is 29.3 Å². The van der Waals surface area contributed by atoms with Gasteiger partial charge in [0.2, 0.25) is 5.95 Å². The van der Waals surface area contributed by atoms with Gasteiger partial charge in [-0.15, -0.1) is 0 Å². The predicted molar refractivity (Wildman–Crippen MR) is 159 cm³/mol. The number of aryl methyl sites for hydroxylation is 2. The van der Waals surface area contributed by atoms with Crippen LogP contribution in [-0.2, 0) is 17.4 Å². The predicted octanol–water partition coefficient (Wildman–Crippen LogP) is 6.47. The Labute approximate surface area is 239 Å². The van der Waals surface area contributed by atoms with E-state index in [2.05, 4.69) is 49.8 Å². The van der Waals surface area contributed by atoms with Gasteiger partial charge in [-0.05, 0) is 92.3 Å². The van der Waals surface area contributed by atoms with Gasteiger partial charge < -0.3 is 15.2 Å². The third kappa shape index (κ3) is 5.54. The molecule has 1 aliphatic heterocycles. The summed E-state index contributed by atoms with van der Waals surface area (Å²) >= 11 is 12.6. The zero-order valence-electron chi connectivity index (χ0n) is 22.0. The minimum Gasteiger partial charge on any atom is -0.338 e. The first-order chi connectivity index (χ1) is 18.7. The summed E-state index contributed by atoms with van der Waals surface area (Å²) in [6.45, 7) is 5.59. The molecule has 7 nitrogen and oxygen atoms in total. The van der Waals surface area contributed by atoms with Crippen LogP contribution in [0.3, 0.4) is 0 Å². The van der Waals surface area contributed by atoms with Gasteiger partial charge in [0.15, 0.2) is 5.82 Å². The van der Waals surface area contributed by atoms with Crippen molar-refractivity contribution < 1.29 is 4.57 Å². The van der Waals surface area contributed by atoms with Crippen LogP contribution in [0.2, 0.25) is 10.0 Å². The molecule has 0 spiro atoms. The van der Waals surface area contributed by atoms with E-state index in [-0.39, 0.29) is 0 Å². The Morgan fingerprint density at radius 1 is 1.03 bits per heavy atom. The van der Waals surface area contributed by atoms with E-state index in [4.69, 9.17) is 23.2 Å². The summed E-state index contributed by atoms with van der Waals surface area (Å²) in [4.78, 5) is 11.6. The molecular formula is C29H31Cl2N6OP. The largest absolute Gasteiger partial charge is 0.338 e. The topological polar surface area (TPSA) is 93.9 Å². The molecule has 39 heavy (non-hydrogen) atoms. The summed E-state index contributed by atoms with van der Waals surface area (Å²) in [5.41, 5.74) is 4.35. The van der Waals surface area contributed by atoms with E-state index in [1.165, 1.54) is 17.5 Å². The Balaban J connectivity index is 1.15. The Bertz CT molecular complexity index is 1510. The van der Waals surface area contributed by atoms with E-state index < -0.39 is 7.14 Å². The maximum absolute atomic E-state index is 12.9. The molecule has 1 saturated carbocycles. The molecule has 3 aromatic rings. The molecule has 2 heterocycles. The van der Waals surface area contributed by atoms with E-state index in [9.17, 15) is 9.83 Å². The summed E-state index contributed by atoms with van der Waals surface area (Å²) in [6.07, 6.45) is 5.96. The van der Waals surface area contributed by atoms with Crippen LogP contribution in [0.5, 0.6) is 0 Å². The smallest absolute Gasteiger partial charge is 0.229 e. The molecule has 10 heteroatoms. The van der Waals surface area contributed by atoms with Crippen molar-refractivity contribution in [1.29, 1.82) is 5.26 Å². The molecule has 2 aromatic carbocycles. The maximum atomic E-state index is 12.9. The molecule has 2 fully saturated rings. The van der Waals surface area contributed by atoms with E-state index in [0.717, 1.165) is 38.0 Å². The number of aromatic nitrogens is 2. The summed E-state index contributed by atoms with van der Waals surface area (Å²) in [6, 6.07) is 14.8. The lowest BCUT2D eigenvalue weighted by Gasteiger charge is -2.28. The van der Waals surface area contributed by atoms with Crippen LogP contribution < -0.4 is 15.9 Å². The zero-order chi connectivity index (χ0) is 27.3. The first-order valence-corrected chi connectivity index (χ1v) is 16.7. The first kappa shape index (κ1) is 26.6. The number of hydrogen-bond donors (Lipinski definition) is 2. The number of benzene rings is 2. The highest BCUT2D eigenvalue weighted by Crippen LogP contribution is 2.52. The molecule has 0 radical (unpaired) electrons. The van der Waals surface area contributed by atoms with Gasteiger partial charge in [0, 0.05) is 35.1 Å². The number of hydrogen-bond acceptors (Lipinski definition) is 7. The first-order valence-electron chi connectivity index (χ1n) is 13.4. The third-order valence-corrected chi connectivity index (χ3v) is 10.4. The molecule has 2 N–H and O–H groups in total. The van der Waals surface area contributed by atoms with Crippen molar-refractivity contribution in [1.82, 2.24) is 14.9 Å². The van der Waals surface area contributed by atoms with Crippen LogP contribution >= 0.6 is 30.3 Å². The van der Waals surface area contributed by atoms with E-state index in [1.54, 1.807) is 37.7 Å². The molecule has 1 aromatic heterocycles. The van der Waals surface area contributed by atoms with Crippen molar-refractivity contribution in [2.24, 2.45) is 17.8 Å². The molecule has 3 atom stereocenters. The summed E-state index contributed by atoms with van der Waals surface area (Å²) in [7, 11) is -2.60. The van der Waals surface area contributed by atoms with Crippen molar-refractivity contribution >= 4 is 58.8 Å². The molecule has 3 aliphatic rings. The molecular weight excluding hydrogens is 550 g/mol. The molecule has 0 bridgehead atoms. The molecule has 2 aliphatic carbocycles. The highest BCUT2D eigenvalue weighted by Gasteiger charge is 2.56. The van der Waals surface area contributed by atoms with Crippen molar-refractivity contribution in [2.45, 2.75) is 31.7 Å². The zero-order valence-corrected chi connectivity index (χ0v) is 24.4. The molecule has 0 amide bonds. The number of nitriles is 1. The monoisotopic (exact) mass is 580 g/mol. The number of likely N-dealkylation sites (tertiary alicyclic amines) is 1. The van der Waals surface area contributed by atoms with Crippen LogP contribution in [0.15, 0.2) is 42.6 Å². The molecule has 202 valence electrons. The fraction of sp³-hybridized carbons (Fsp3) is 0.414. The third-order valence-electron chi connectivity index (χ3n) is 8.38. The van der Waals surface area contributed by atoms with E-state index >= 15 is 0 Å². The van der Waals surface area contributed by atoms with Crippen LogP contribution in [0.4, 0.5) is 23.1 Å². The average molecular weight is 581 g/mol. The van der Waals surface area contributed by atoms with Gasteiger partial charge in [0.1, 0.15) is 12.2 Å². The summed E-state index contributed by atoms with van der Waals surface area (Å²) in [5, 5.41) is 17.3. The van der Waals surface area contributed by atoms with Crippen LogP contribution in [0.25, 0.3) is 0 Å².